The van der Waals surface area contributed by atoms with E-state index in [9.17, 15) is 9.59 Å². The summed E-state index contributed by atoms with van der Waals surface area (Å²) in [5, 5.41) is 2.75. The zero-order chi connectivity index (χ0) is 10.8. The number of hydrogen-bond acceptors (Lipinski definition) is 3. The Morgan fingerprint density at radius 1 is 1.67 bits per heavy atom. The van der Waals surface area contributed by atoms with Gasteiger partial charge in [-0.2, -0.15) is 0 Å². The Kier molecular flexibility index (Phi) is 2.45. The molecule has 1 N–H and O–H groups in total. The third-order valence-corrected chi connectivity index (χ3v) is 2.42. The minimum Gasteiger partial charge on any atom is -0.459 e. The second-order valence-electron chi connectivity index (χ2n) is 3.63. The lowest BCUT2D eigenvalue weighted by molar-refractivity contribution is -0.126. The number of furan rings is 1. The first-order valence-electron chi connectivity index (χ1n) is 4.75. The van der Waals surface area contributed by atoms with E-state index in [4.69, 9.17) is 4.42 Å². The predicted octanol–water partition coefficient (Wildman–Crippen LogP) is 0.240. The molecule has 0 aliphatic carbocycles. The molecular formula is C10H12N2O3. The van der Waals surface area contributed by atoms with Crippen LogP contribution in [0.2, 0.25) is 0 Å². The van der Waals surface area contributed by atoms with Gasteiger partial charge in [0, 0.05) is 20.0 Å². The number of likely N-dealkylation sites (N-methyl/N-ethyl adjacent to an activating group) is 1. The van der Waals surface area contributed by atoms with Crippen LogP contribution in [0.1, 0.15) is 17.0 Å². The monoisotopic (exact) mass is 208 g/mol. The molecule has 0 aromatic carbocycles. The van der Waals surface area contributed by atoms with Gasteiger partial charge in [-0.15, -0.1) is 0 Å². The molecule has 0 radical (unpaired) electrons. The minimum atomic E-state index is -0.270. The van der Waals surface area contributed by atoms with Gasteiger partial charge >= 0.3 is 0 Å². The molecule has 80 valence electrons. The van der Waals surface area contributed by atoms with Gasteiger partial charge in [-0.25, -0.2) is 0 Å². The van der Waals surface area contributed by atoms with Crippen molar-refractivity contribution in [2.45, 2.75) is 12.5 Å². The van der Waals surface area contributed by atoms with Crippen LogP contribution in [0, 0.1) is 0 Å². The highest BCUT2D eigenvalue weighted by atomic mass is 16.3. The average Bonchev–Trinajstić information content (AvgIpc) is 2.77. The zero-order valence-electron chi connectivity index (χ0n) is 8.40. The van der Waals surface area contributed by atoms with Gasteiger partial charge in [0.2, 0.25) is 5.91 Å². The van der Waals surface area contributed by atoms with E-state index in [0.29, 0.717) is 13.0 Å². The van der Waals surface area contributed by atoms with E-state index >= 15 is 0 Å². The third-order valence-electron chi connectivity index (χ3n) is 2.42. The average molecular weight is 208 g/mol. The molecule has 2 rings (SSSR count). The molecule has 15 heavy (non-hydrogen) atoms. The highest BCUT2D eigenvalue weighted by Gasteiger charge is 2.28. The lowest BCUT2D eigenvalue weighted by atomic mass is 10.2. The number of amides is 2. The number of rotatable bonds is 2. The van der Waals surface area contributed by atoms with Gasteiger partial charge in [-0.1, -0.05) is 0 Å². The number of likely N-dealkylation sites (tertiary alicyclic amines) is 1. The largest absolute Gasteiger partial charge is 0.459 e. The van der Waals surface area contributed by atoms with Gasteiger partial charge < -0.3 is 14.6 Å². The van der Waals surface area contributed by atoms with E-state index in [-0.39, 0.29) is 23.6 Å². The van der Waals surface area contributed by atoms with Gasteiger partial charge in [0.1, 0.15) is 0 Å². The van der Waals surface area contributed by atoms with Crippen molar-refractivity contribution in [3.8, 4) is 0 Å². The van der Waals surface area contributed by atoms with Crippen molar-refractivity contribution in [2.75, 3.05) is 13.6 Å². The Balaban J connectivity index is 1.94. The Hall–Kier alpha value is -1.78. The van der Waals surface area contributed by atoms with Gasteiger partial charge in [0.05, 0.1) is 12.3 Å². The fourth-order valence-corrected chi connectivity index (χ4v) is 1.62. The van der Waals surface area contributed by atoms with Crippen molar-refractivity contribution < 1.29 is 14.0 Å². The number of carbonyl (C=O) groups is 2. The number of nitrogens with zero attached hydrogens (tertiary/aromatic N) is 1. The van der Waals surface area contributed by atoms with Crippen molar-refractivity contribution in [2.24, 2.45) is 0 Å². The normalized spacial score (nSPS) is 20.7. The smallest absolute Gasteiger partial charge is 0.287 e. The molecule has 0 spiro atoms. The van der Waals surface area contributed by atoms with E-state index in [1.165, 1.54) is 6.26 Å². The van der Waals surface area contributed by atoms with Gasteiger partial charge in [0.15, 0.2) is 5.76 Å². The summed E-state index contributed by atoms with van der Waals surface area (Å²) in [6.07, 6.45) is 1.81. The second kappa shape index (κ2) is 3.76. The molecule has 1 unspecified atom stereocenters. The molecule has 5 heteroatoms. The van der Waals surface area contributed by atoms with Crippen LogP contribution in [0.25, 0.3) is 0 Å². The lowest BCUT2D eigenvalue weighted by Crippen LogP contribution is -2.36. The summed E-state index contributed by atoms with van der Waals surface area (Å²) < 4.78 is 4.95. The van der Waals surface area contributed by atoms with Crippen LogP contribution in [0.5, 0.6) is 0 Å². The van der Waals surface area contributed by atoms with Crippen LogP contribution in [0.4, 0.5) is 0 Å². The van der Waals surface area contributed by atoms with Crippen molar-refractivity contribution in [3.05, 3.63) is 24.2 Å². The minimum absolute atomic E-state index is 0.0553. The summed E-state index contributed by atoms with van der Waals surface area (Å²) in [6, 6.07) is 3.14. The van der Waals surface area contributed by atoms with Crippen molar-refractivity contribution >= 4 is 11.8 Å². The summed E-state index contributed by atoms with van der Waals surface area (Å²) in [4.78, 5) is 24.3. The molecule has 5 nitrogen and oxygen atoms in total. The molecule has 1 atom stereocenters. The Bertz CT molecular complexity index is 372. The first kappa shape index (κ1) is 9.76. The number of carbonyl (C=O) groups excluding carboxylic acids is 2. The maximum atomic E-state index is 11.5. The Morgan fingerprint density at radius 3 is 3.00 bits per heavy atom. The quantitative estimate of drug-likeness (QED) is 0.757. The van der Waals surface area contributed by atoms with Gasteiger partial charge in [-0.3, -0.25) is 9.59 Å². The Labute approximate surface area is 87.0 Å². The fraction of sp³-hybridized carbons (Fsp3) is 0.400. The molecule has 0 saturated carbocycles. The molecule has 1 saturated heterocycles. The Morgan fingerprint density at radius 2 is 2.47 bits per heavy atom. The lowest BCUT2D eigenvalue weighted by Gasteiger charge is -2.10. The first-order valence-corrected chi connectivity index (χ1v) is 4.75. The fourth-order valence-electron chi connectivity index (χ4n) is 1.62. The third kappa shape index (κ3) is 2.01. The maximum Gasteiger partial charge on any atom is 0.287 e. The highest BCUT2D eigenvalue weighted by molar-refractivity contribution is 5.92. The van der Waals surface area contributed by atoms with Gasteiger partial charge in [0.25, 0.3) is 5.91 Å². The van der Waals surface area contributed by atoms with E-state index in [1.807, 2.05) is 0 Å². The SMILES string of the molecule is CN1CC(NC(=O)c2ccco2)CC1=O. The summed E-state index contributed by atoms with van der Waals surface area (Å²) in [5.74, 6) is 0.0600. The summed E-state index contributed by atoms with van der Waals surface area (Å²) >= 11 is 0. The molecule has 1 aromatic rings. The molecule has 0 bridgehead atoms. The summed E-state index contributed by atoms with van der Waals surface area (Å²) in [5.41, 5.74) is 0. The van der Waals surface area contributed by atoms with Crippen molar-refractivity contribution in [1.82, 2.24) is 10.2 Å². The van der Waals surface area contributed by atoms with E-state index in [1.54, 1.807) is 24.1 Å². The van der Waals surface area contributed by atoms with Crippen LogP contribution in [0.15, 0.2) is 22.8 Å². The van der Waals surface area contributed by atoms with Gasteiger partial charge in [-0.05, 0) is 12.1 Å². The number of nitrogens with one attached hydrogen (secondary N) is 1. The van der Waals surface area contributed by atoms with Crippen molar-refractivity contribution in [3.63, 3.8) is 0 Å². The van der Waals surface area contributed by atoms with Crippen LogP contribution in [-0.4, -0.2) is 36.3 Å². The topological polar surface area (TPSA) is 62.6 Å². The number of hydrogen-bond donors (Lipinski definition) is 1. The highest BCUT2D eigenvalue weighted by Crippen LogP contribution is 2.09. The molecule has 1 fully saturated rings. The van der Waals surface area contributed by atoms with E-state index in [2.05, 4.69) is 5.32 Å². The molecule has 1 aliphatic heterocycles. The predicted molar refractivity (Wildman–Crippen MR) is 52.2 cm³/mol. The molecule has 1 aromatic heterocycles. The summed E-state index contributed by atoms with van der Waals surface area (Å²) in [7, 11) is 1.72. The van der Waals surface area contributed by atoms with E-state index in [0.717, 1.165) is 0 Å². The molecular weight excluding hydrogens is 196 g/mol. The summed E-state index contributed by atoms with van der Waals surface area (Å²) in [6.45, 7) is 0.561. The van der Waals surface area contributed by atoms with Crippen LogP contribution in [0.3, 0.4) is 0 Å². The van der Waals surface area contributed by atoms with E-state index < -0.39 is 0 Å². The van der Waals surface area contributed by atoms with Crippen LogP contribution in [-0.2, 0) is 4.79 Å². The molecule has 2 amide bonds. The standard InChI is InChI=1S/C10H12N2O3/c1-12-6-7(5-9(12)13)11-10(14)8-3-2-4-15-8/h2-4,7H,5-6H2,1H3,(H,11,14). The maximum absolute atomic E-state index is 11.5. The first-order chi connectivity index (χ1) is 7.16. The van der Waals surface area contributed by atoms with Crippen LogP contribution < -0.4 is 5.32 Å². The van der Waals surface area contributed by atoms with Crippen LogP contribution >= 0.6 is 0 Å². The van der Waals surface area contributed by atoms with Crippen molar-refractivity contribution in [1.29, 1.82) is 0 Å². The molecule has 1 aliphatic rings. The zero-order valence-corrected chi connectivity index (χ0v) is 8.40. The molecule has 2 heterocycles. The second-order valence-corrected chi connectivity index (χ2v) is 3.63.